The molecule has 0 saturated heterocycles. The molecule has 0 radical (unpaired) electrons. The highest BCUT2D eigenvalue weighted by atomic mass is 32.2. The first-order valence-electron chi connectivity index (χ1n) is 4.83. The van der Waals surface area contributed by atoms with E-state index in [2.05, 4.69) is 27.0 Å². The Morgan fingerprint density at radius 3 is 3.06 bits per heavy atom. The third-order valence-corrected chi connectivity index (χ3v) is 2.49. The zero-order valence-electron chi connectivity index (χ0n) is 8.83. The molecule has 0 amide bonds. The Bertz CT molecular complexity index is 530. The predicted molar refractivity (Wildman–Crippen MR) is 63.1 cm³/mol. The second-order valence-electron chi connectivity index (χ2n) is 2.92. The van der Waals surface area contributed by atoms with Gasteiger partial charge in [-0.25, -0.2) is 0 Å². The van der Waals surface area contributed by atoms with Crippen LogP contribution in [0.15, 0.2) is 34.2 Å². The van der Waals surface area contributed by atoms with E-state index in [1.165, 1.54) is 11.8 Å². The molecule has 0 fully saturated rings. The van der Waals surface area contributed by atoms with E-state index in [-0.39, 0.29) is 6.61 Å². The van der Waals surface area contributed by atoms with Crippen LogP contribution >= 0.6 is 11.8 Å². The number of thioether (sulfide) groups is 1. The molecule has 0 aliphatic heterocycles. The molecule has 2 heterocycles. The van der Waals surface area contributed by atoms with Crippen LogP contribution in [-0.4, -0.2) is 32.6 Å². The Hall–Kier alpha value is -1.84. The predicted octanol–water partition coefficient (Wildman–Crippen LogP) is 1.22. The van der Waals surface area contributed by atoms with Crippen molar-refractivity contribution >= 4 is 11.8 Å². The van der Waals surface area contributed by atoms with Gasteiger partial charge >= 0.3 is 0 Å². The molecule has 5 nitrogen and oxygen atoms in total. The second-order valence-corrected chi connectivity index (χ2v) is 3.84. The fraction of sp³-hybridized carbons (Fsp3) is 0.182. The van der Waals surface area contributed by atoms with Crippen LogP contribution in [0.1, 0.15) is 0 Å². The lowest BCUT2D eigenvalue weighted by Gasteiger charge is -1.91. The molecular formula is C11H9N3O2S. The summed E-state index contributed by atoms with van der Waals surface area (Å²) in [4.78, 5) is 3.97. The van der Waals surface area contributed by atoms with Crippen LogP contribution in [-0.2, 0) is 0 Å². The van der Waals surface area contributed by atoms with Crippen molar-refractivity contribution in [3.63, 3.8) is 0 Å². The quantitative estimate of drug-likeness (QED) is 0.649. The summed E-state index contributed by atoms with van der Waals surface area (Å²) in [6, 6.07) is 3.65. The van der Waals surface area contributed by atoms with E-state index in [1.54, 1.807) is 18.5 Å². The van der Waals surface area contributed by atoms with Crippen molar-refractivity contribution < 1.29 is 9.52 Å². The topological polar surface area (TPSA) is 72.0 Å². The number of aromatic nitrogens is 3. The number of aliphatic hydroxyl groups excluding tert-OH is 1. The minimum atomic E-state index is -0.134. The monoisotopic (exact) mass is 247 g/mol. The molecule has 0 aliphatic carbocycles. The molecule has 0 spiro atoms. The van der Waals surface area contributed by atoms with Crippen LogP contribution in [0.4, 0.5) is 0 Å². The maximum atomic E-state index is 8.48. The van der Waals surface area contributed by atoms with E-state index in [0.717, 1.165) is 5.56 Å². The lowest BCUT2D eigenvalue weighted by Crippen LogP contribution is -1.78. The maximum absolute atomic E-state index is 8.48. The molecule has 0 saturated carbocycles. The first kappa shape index (κ1) is 11.6. The molecule has 2 aromatic heterocycles. The van der Waals surface area contributed by atoms with Crippen LogP contribution in [0.5, 0.6) is 0 Å². The largest absolute Gasteiger partial charge is 0.411 e. The summed E-state index contributed by atoms with van der Waals surface area (Å²) in [5, 5.41) is 16.7. The van der Waals surface area contributed by atoms with Gasteiger partial charge in [0.1, 0.15) is 6.61 Å². The van der Waals surface area contributed by atoms with Crippen molar-refractivity contribution in [3.05, 3.63) is 24.5 Å². The number of nitrogens with zero attached hydrogens (tertiary/aromatic N) is 3. The Morgan fingerprint density at radius 2 is 2.29 bits per heavy atom. The molecule has 2 rings (SSSR count). The summed E-state index contributed by atoms with van der Waals surface area (Å²) in [5.41, 5.74) is 0.785. The minimum Gasteiger partial charge on any atom is -0.411 e. The lowest BCUT2D eigenvalue weighted by atomic mass is 10.3. The Balaban J connectivity index is 2.01. The first-order chi connectivity index (χ1) is 8.40. The van der Waals surface area contributed by atoms with Crippen LogP contribution in [0.2, 0.25) is 0 Å². The Labute approximate surface area is 102 Å². The van der Waals surface area contributed by atoms with Crippen LogP contribution in [0.3, 0.4) is 0 Å². The normalized spacial score (nSPS) is 9.71. The van der Waals surface area contributed by atoms with Crippen molar-refractivity contribution in [2.24, 2.45) is 0 Å². The van der Waals surface area contributed by atoms with E-state index < -0.39 is 0 Å². The van der Waals surface area contributed by atoms with Gasteiger partial charge in [0.05, 0.1) is 11.3 Å². The lowest BCUT2D eigenvalue weighted by molar-refractivity contribution is 0.350. The minimum absolute atomic E-state index is 0.134. The smallest absolute Gasteiger partial charge is 0.277 e. The van der Waals surface area contributed by atoms with Gasteiger partial charge in [-0.2, -0.15) is 0 Å². The van der Waals surface area contributed by atoms with Gasteiger partial charge in [-0.05, 0) is 12.1 Å². The van der Waals surface area contributed by atoms with Crippen molar-refractivity contribution in [2.45, 2.75) is 5.22 Å². The summed E-state index contributed by atoms with van der Waals surface area (Å²) in [7, 11) is 0. The molecule has 0 aliphatic rings. The first-order valence-corrected chi connectivity index (χ1v) is 5.82. The van der Waals surface area contributed by atoms with Crippen molar-refractivity contribution in [1.29, 1.82) is 0 Å². The number of hydrogen-bond donors (Lipinski definition) is 1. The zero-order valence-corrected chi connectivity index (χ0v) is 9.65. The molecule has 0 atom stereocenters. The van der Waals surface area contributed by atoms with Gasteiger partial charge in [-0.15, -0.1) is 10.2 Å². The van der Waals surface area contributed by atoms with Crippen LogP contribution in [0.25, 0.3) is 11.5 Å². The van der Waals surface area contributed by atoms with Crippen LogP contribution in [0, 0.1) is 11.8 Å². The molecule has 86 valence electrons. The number of pyridine rings is 1. The van der Waals surface area contributed by atoms with Crippen LogP contribution < -0.4 is 0 Å². The highest BCUT2D eigenvalue weighted by Crippen LogP contribution is 2.21. The highest BCUT2D eigenvalue weighted by Gasteiger charge is 2.07. The third-order valence-electron chi connectivity index (χ3n) is 1.79. The summed E-state index contributed by atoms with van der Waals surface area (Å²) in [5.74, 6) is 6.25. The average molecular weight is 247 g/mol. The average Bonchev–Trinajstić information content (AvgIpc) is 2.85. The Kier molecular flexibility index (Phi) is 4.13. The Morgan fingerprint density at radius 1 is 1.35 bits per heavy atom. The van der Waals surface area contributed by atoms with E-state index in [9.17, 15) is 0 Å². The van der Waals surface area contributed by atoms with E-state index >= 15 is 0 Å². The number of aliphatic hydroxyl groups is 1. The highest BCUT2D eigenvalue weighted by molar-refractivity contribution is 7.99. The van der Waals surface area contributed by atoms with Gasteiger partial charge in [0.15, 0.2) is 0 Å². The molecule has 1 N–H and O–H groups in total. The van der Waals surface area contributed by atoms with Gasteiger partial charge in [0.25, 0.3) is 5.22 Å². The summed E-state index contributed by atoms with van der Waals surface area (Å²) >= 11 is 1.33. The van der Waals surface area contributed by atoms with Crippen molar-refractivity contribution in [3.8, 4) is 23.3 Å². The molecule has 0 bridgehead atoms. The number of hydrogen-bond acceptors (Lipinski definition) is 6. The molecule has 6 heteroatoms. The second kappa shape index (κ2) is 6.03. The van der Waals surface area contributed by atoms with E-state index in [0.29, 0.717) is 16.9 Å². The molecule has 0 aromatic carbocycles. The van der Waals surface area contributed by atoms with Crippen molar-refractivity contribution in [2.75, 3.05) is 12.4 Å². The van der Waals surface area contributed by atoms with E-state index in [4.69, 9.17) is 9.52 Å². The summed E-state index contributed by atoms with van der Waals surface area (Å²) < 4.78 is 5.42. The fourth-order valence-electron chi connectivity index (χ4n) is 1.08. The van der Waals surface area contributed by atoms with Gasteiger partial charge in [0.2, 0.25) is 5.89 Å². The SMILES string of the molecule is OCC#CCSc1nnc(-c2cccnc2)o1. The van der Waals surface area contributed by atoms with Gasteiger partial charge < -0.3 is 9.52 Å². The molecule has 17 heavy (non-hydrogen) atoms. The zero-order chi connectivity index (χ0) is 11.9. The molecule has 0 unspecified atom stereocenters. The molecule has 2 aromatic rings. The standard InChI is InChI=1S/C11H9N3O2S/c15-6-1-2-7-17-11-14-13-10(16-11)9-4-3-5-12-8-9/h3-5,8,15H,6-7H2. The van der Waals surface area contributed by atoms with Gasteiger partial charge in [-0.1, -0.05) is 23.6 Å². The number of rotatable bonds is 3. The molecular weight excluding hydrogens is 238 g/mol. The van der Waals surface area contributed by atoms with Gasteiger partial charge in [0, 0.05) is 12.4 Å². The summed E-state index contributed by atoms with van der Waals surface area (Å²) in [6.07, 6.45) is 3.34. The van der Waals surface area contributed by atoms with Gasteiger partial charge in [-0.3, -0.25) is 4.98 Å². The van der Waals surface area contributed by atoms with E-state index in [1.807, 2.05) is 6.07 Å². The third kappa shape index (κ3) is 3.31. The fourth-order valence-corrected chi connectivity index (χ4v) is 1.61. The summed E-state index contributed by atoms with van der Waals surface area (Å²) in [6.45, 7) is -0.134. The maximum Gasteiger partial charge on any atom is 0.277 e. The van der Waals surface area contributed by atoms with Crippen molar-refractivity contribution in [1.82, 2.24) is 15.2 Å².